The van der Waals surface area contributed by atoms with Gasteiger partial charge in [0.2, 0.25) is 10.5 Å². The molecule has 3 aromatic carbocycles. The van der Waals surface area contributed by atoms with E-state index < -0.39 is 23.8 Å². The van der Waals surface area contributed by atoms with E-state index in [1.807, 2.05) is 20.8 Å². The Bertz CT molecular complexity index is 1920. The van der Waals surface area contributed by atoms with Gasteiger partial charge in [0, 0.05) is 31.1 Å². The lowest BCUT2D eigenvalue weighted by Crippen LogP contribution is -2.30. The average Bonchev–Trinajstić information content (AvgIpc) is 3.23. The van der Waals surface area contributed by atoms with Crippen LogP contribution in [-0.2, 0) is 19.2 Å². The van der Waals surface area contributed by atoms with Crippen LogP contribution in [0.4, 0.5) is 0 Å². The number of esters is 2. The average molecular weight is 902 g/mol. The van der Waals surface area contributed by atoms with Gasteiger partial charge < -0.3 is 29.9 Å². The van der Waals surface area contributed by atoms with Gasteiger partial charge in [-0.1, -0.05) is 28.2 Å². The molecule has 4 N–H and O–H groups in total. The summed E-state index contributed by atoms with van der Waals surface area (Å²) < 4.78 is 10.9. The third kappa shape index (κ3) is 16.2. The lowest BCUT2D eigenvalue weighted by molar-refractivity contribution is -0.145. The fourth-order valence-electron chi connectivity index (χ4n) is 6.95. The molecular weight excluding hydrogens is 843 g/mol. The van der Waals surface area contributed by atoms with Crippen LogP contribution in [-0.4, -0.2) is 60.2 Å². The molecule has 0 spiro atoms. The van der Waals surface area contributed by atoms with Crippen molar-refractivity contribution in [2.75, 3.05) is 0 Å². The van der Waals surface area contributed by atoms with E-state index in [0.29, 0.717) is 70.6 Å². The Hall–Kier alpha value is -5.27. The van der Waals surface area contributed by atoms with Crippen LogP contribution in [0.1, 0.15) is 149 Å². The number of carbonyl (C=O) groups is 7. The van der Waals surface area contributed by atoms with E-state index in [1.54, 1.807) is 0 Å². The maximum absolute atomic E-state index is 12.7. The van der Waals surface area contributed by atoms with E-state index in [1.165, 1.54) is 54.6 Å². The summed E-state index contributed by atoms with van der Waals surface area (Å²) in [6.45, 7) is 5.61. The van der Waals surface area contributed by atoms with Crippen molar-refractivity contribution >= 4 is 63.0 Å². The molecule has 0 saturated heterocycles. The monoisotopic (exact) mass is 900 g/mol. The molecule has 62 heavy (non-hydrogen) atoms. The molecule has 2 saturated carbocycles. The number of phenols is 4. The van der Waals surface area contributed by atoms with Crippen molar-refractivity contribution < 1.29 is 63.5 Å². The highest BCUT2D eigenvalue weighted by Crippen LogP contribution is 2.34. The molecule has 0 unspecified atom stereocenters. The number of carbonyl (C=O) groups excluding carboxylic acids is 7. The molecule has 5 rings (SSSR count). The molecule has 15 heteroatoms. The lowest BCUT2D eigenvalue weighted by Gasteiger charge is -2.26. The van der Waals surface area contributed by atoms with Gasteiger partial charge in [-0.15, -0.1) is 0 Å². The zero-order valence-electron chi connectivity index (χ0n) is 34.6. The second kappa shape index (κ2) is 26.3. The van der Waals surface area contributed by atoms with Crippen molar-refractivity contribution in [1.29, 1.82) is 0 Å². The number of hydrogen-bond donors (Lipinski definition) is 4. The number of halogens is 2. The van der Waals surface area contributed by atoms with E-state index >= 15 is 0 Å². The normalized spacial score (nSPS) is 17.9. The maximum atomic E-state index is 12.7. The van der Waals surface area contributed by atoms with Gasteiger partial charge in [0.05, 0.1) is 28.5 Å². The Morgan fingerprint density at radius 3 is 1.08 bits per heavy atom. The summed E-state index contributed by atoms with van der Waals surface area (Å²) in [4.78, 5) is 82.5. The number of rotatable bonds is 15. The first-order valence-electron chi connectivity index (χ1n) is 20.6. The molecule has 2 aliphatic rings. The van der Waals surface area contributed by atoms with Crippen LogP contribution in [0.5, 0.6) is 34.5 Å². The van der Waals surface area contributed by atoms with Crippen LogP contribution in [0, 0.1) is 23.7 Å². The van der Waals surface area contributed by atoms with Crippen LogP contribution in [0.3, 0.4) is 0 Å². The fourth-order valence-corrected chi connectivity index (χ4v) is 7.38. The molecule has 0 atom stereocenters. The lowest BCUT2D eigenvalue weighted by atomic mass is 9.82. The Morgan fingerprint density at radius 2 is 0.774 bits per heavy atom. The number of phenolic OH excluding ortho intramolecular Hbond substituents is 4. The molecule has 3 aromatic rings. The van der Waals surface area contributed by atoms with Crippen LogP contribution in [0.25, 0.3) is 0 Å². The summed E-state index contributed by atoms with van der Waals surface area (Å²) in [6.07, 6.45) is 7.51. The molecule has 0 heterocycles. The summed E-state index contributed by atoms with van der Waals surface area (Å²) in [5, 5.41) is 37.7. The molecule has 13 nitrogen and oxygen atoms in total. The van der Waals surface area contributed by atoms with Crippen LogP contribution >= 0.6 is 23.2 Å². The number of hydrogen-bond acceptors (Lipinski definition) is 13. The van der Waals surface area contributed by atoms with Gasteiger partial charge >= 0.3 is 11.9 Å². The molecule has 0 bridgehead atoms. The van der Waals surface area contributed by atoms with Crippen LogP contribution in [0.2, 0.25) is 0 Å². The molecule has 0 aliphatic heterocycles. The SMILES string of the molecule is C.CCCC(=O)c1cc(O)ccc1O.CCCC(=O)c1cc(OC(=O)C2CCC(C(=O)Oc3ccc(O)c(C(=O)CCC)c3)CC2)ccc1O.O=C(Cl)C1CCC(C(=O)Cl)CC1. The van der Waals surface area contributed by atoms with Crippen LogP contribution in [0.15, 0.2) is 54.6 Å². The van der Waals surface area contributed by atoms with Gasteiger partial charge in [-0.05, 0) is 148 Å². The van der Waals surface area contributed by atoms with E-state index in [9.17, 15) is 48.9 Å². The van der Waals surface area contributed by atoms with Crippen molar-refractivity contribution in [2.45, 2.75) is 118 Å². The largest absolute Gasteiger partial charge is 0.508 e. The summed E-state index contributed by atoms with van der Waals surface area (Å²) in [5.41, 5.74) is 0.451. The highest BCUT2D eigenvalue weighted by Gasteiger charge is 2.33. The zero-order chi connectivity index (χ0) is 45.2. The highest BCUT2D eigenvalue weighted by atomic mass is 35.5. The molecule has 0 amide bonds. The first-order valence-corrected chi connectivity index (χ1v) is 21.3. The minimum atomic E-state index is -0.445. The Kier molecular flexibility index (Phi) is 22.4. The second-order valence-corrected chi connectivity index (χ2v) is 15.9. The fraction of sp³-hybridized carbons (Fsp3) is 0.468. The third-order valence-electron chi connectivity index (χ3n) is 10.4. The number of benzene rings is 3. The maximum Gasteiger partial charge on any atom is 0.314 e. The molecule has 338 valence electrons. The third-order valence-corrected chi connectivity index (χ3v) is 11.1. The molecule has 0 aromatic heterocycles. The number of ether oxygens (including phenoxy) is 2. The number of aromatic hydroxyl groups is 4. The topological polar surface area (TPSA) is 219 Å². The van der Waals surface area contributed by atoms with Gasteiger partial charge in [-0.2, -0.15) is 0 Å². The van der Waals surface area contributed by atoms with E-state index in [4.69, 9.17) is 37.8 Å². The van der Waals surface area contributed by atoms with Gasteiger partial charge in [-0.3, -0.25) is 33.6 Å². The van der Waals surface area contributed by atoms with E-state index in [0.717, 1.165) is 6.42 Å². The quantitative estimate of drug-likeness (QED) is 0.0367. The van der Waals surface area contributed by atoms with E-state index in [-0.39, 0.29) is 111 Å². The Balaban J connectivity index is 0.000000413. The summed E-state index contributed by atoms with van der Waals surface area (Å²) in [6, 6.07) is 12.3. The minimum Gasteiger partial charge on any atom is -0.508 e. The predicted molar refractivity (Wildman–Crippen MR) is 234 cm³/mol. The summed E-state index contributed by atoms with van der Waals surface area (Å²) >= 11 is 10.7. The van der Waals surface area contributed by atoms with Crippen LogP contribution < -0.4 is 9.47 Å². The Labute approximate surface area is 372 Å². The summed E-state index contributed by atoms with van der Waals surface area (Å²) in [7, 11) is 0. The van der Waals surface area contributed by atoms with E-state index in [2.05, 4.69) is 0 Å². The van der Waals surface area contributed by atoms with Crippen molar-refractivity contribution in [1.82, 2.24) is 0 Å². The van der Waals surface area contributed by atoms with Crippen molar-refractivity contribution in [2.24, 2.45) is 23.7 Å². The van der Waals surface area contributed by atoms with Crippen molar-refractivity contribution in [3.63, 3.8) is 0 Å². The standard InChI is InChI=1S/C28H32O8.C10H12O3.C8H10Cl2O2.CH4/c1-3-5-23(29)21-15-19(11-13-25(21)31)35-27(33)17-7-9-18(10-8-17)28(34)36-20-12-14-26(32)22(16-20)24(30)6-4-2;1-2-3-9(12)8-6-7(11)4-5-10(8)13;9-7(11)5-1-2-6(4-3-5)8(10)12;/h11-18,31-32H,3-10H2,1-2H3;4-6,11,13H,2-3H2,1H3;5-6H,1-4H2;1H4. The smallest absolute Gasteiger partial charge is 0.314 e. The number of ketones is 3. The number of Topliss-reactive ketones (excluding diaryl/α,β-unsaturated/α-hetero) is 3. The molecule has 2 fully saturated rings. The highest BCUT2D eigenvalue weighted by molar-refractivity contribution is 6.64. The minimum absolute atomic E-state index is 0. The molecule has 2 aliphatic carbocycles. The van der Waals surface area contributed by atoms with Gasteiger partial charge in [0.1, 0.15) is 34.5 Å². The predicted octanol–water partition coefficient (Wildman–Crippen LogP) is 10.4. The van der Waals surface area contributed by atoms with Crippen molar-refractivity contribution in [3.05, 3.63) is 71.3 Å². The first kappa shape index (κ1) is 52.9. The summed E-state index contributed by atoms with van der Waals surface area (Å²) in [5.74, 6) is -2.37. The van der Waals surface area contributed by atoms with Gasteiger partial charge in [-0.25, -0.2) is 0 Å². The molecular formula is C47H58Cl2O13. The first-order chi connectivity index (χ1) is 29.0. The van der Waals surface area contributed by atoms with Crippen molar-refractivity contribution in [3.8, 4) is 34.5 Å². The Morgan fingerprint density at radius 1 is 0.484 bits per heavy atom. The zero-order valence-corrected chi connectivity index (χ0v) is 36.1. The second-order valence-electron chi connectivity index (χ2n) is 15.1. The van der Waals surface area contributed by atoms with Gasteiger partial charge in [0.15, 0.2) is 17.3 Å². The molecule has 0 radical (unpaired) electrons. The van der Waals surface area contributed by atoms with Gasteiger partial charge in [0.25, 0.3) is 0 Å².